The minimum absolute atomic E-state index is 0.185. The summed E-state index contributed by atoms with van der Waals surface area (Å²) in [4.78, 5) is 40.3. The van der Waals surface area contributed by atoms with Gasteiger partial charge in [0.05, 0.1) is 12.3 Å². The third-order valence-electron chi connectivity index (χ3n) is 5.56. The molecule has 4 rings (SSSR count). The highest BCUT2D eigenvalue weighted by molar-refractivity contribution is 8.14. The van der Waals surface area contributed by atoms with E-state index in [0.29, 0.717) is 5.56 Å². The molecule has 0 spiro atoms. The first-order valence-electron chi connectivity index (χ1n) is 10.3. The average molecular weight is 456 g/mol. The summed E-state index contributed by atoms with van der Waals surface area (Å²) >= 11 is 3.01. The second-order valence-corrected chi connectivity index (χ2v) is 9.82. The molecule has 162 valence electrons. The van der Waals surface area contributed by atoms with E-state index in [1.54, 1.807) is 18.2 Å². The zero-order valence-corrected chi connectivity index (χ0v) is 19.1. The van der Waals surface area contributed by atoms with Crippen LogP contribution in [-0.2, 0) is 17.9 Å². The molecule has 0 radical (unpaired) electrons. The monoisotopic (exact) mass is 455 g/mol. The van der Waals surface area contributed by atoms with Crippen LogP contribution in [0.15, 0.2) is 42.5 Å². The lowest BCUT2D eigenvalue weighted by molar-refractivity contribution is -0.125. The van der Waals surface area contributed by atoms with Crippen LogP contribution < -0.4 is 5.32 Å². The predicted molar refractivity (Wildman–Crippen MR) is 127 cm³/mol. The van der Waals surface area contributed by atoms with E-state index >= 15 is 0 Å². The normalized spacial score (nSPS) is 17.3. The zero-order chi connectivity index (χ0) is 21.8. The smallest absolute Gasteiger partial charge is 0.289 e. The summed E-state index contributed by atoms with van der Waals surface area (Å²) in [5, 5.41) is 2.79. The van der Waals surface area contributed by atoms with Crippen LogP contribution in [0.1, 0.15) is 27.0 Å². The van der Waals surface area contributed by atoms with Gasteiger partial charge in [0.25, 0.3) is 11.1 Å². The SMILES string of the molecule is Cc1c(CN2CCSCC2)cccc1NC(=O)c1cccc(CN2C(=O)CSC2=O)c1. The second kappa shape index (κ2) is 9.89. The van der Waals surface area contributed by atoms with Crippen LogP contribution in [0, 0.1) is 6.92 Å². The van der Waals surface area contributed by atoms with Gasteiger partial charge in [-0.05, 0) is 41.8 Å². The van der Waals surface area contributed by atoms with Crippen LogP contribution in [-0.4, -0.2) is 57.2 Å². The van der Waals surface area contributed by atoms with Crippen molar-refractivity contribution in [2.75, 3.05) is 35.7 Å². The van der Waals surface area contributed by atoms with E-state index in [1.807, 2.05) is 36.9 Å². The van der Waals surface area contributed by atoms with Crippen LogP contribution in [0.3, 0.4) is 0 Å². The maximum atomic E-state index is 12.9. The molecule has 6 nitrogen and oxygen atoms in total. The van der Waals surface area contributed by atoms with Gasteiger partial charge in [-0.2, -0.15) is 11.8 Å². The molecule has 31 heavy (non-hydrogen) atoms. The molecule has 2 aliphatic heterocycles. The number of hydrogen-bond acceptors (Lipinski definition) is 6. The molecule has 2 fully saturated rings. The average Bonchev–Trinajstić information content (AvgIpc) is 3.09. The fourth-order valence-electron chi connectivity index (χ4n) is 3.71. The van der Waals surface area contributed by atoms with E-state index in [-0.39, 0.29) is 29.4 Å². The van der Waals surface area contributed by atoms with Gasteiger partial charge >= 0.3 is 0 Å². The zero-order valence-electron chi connectivity index (χ0n) is 17.4. The van der Waals surface area contributed by atoms with E-state index < -0.39 is 0 Å². The summed E-state index contributed by atoms with van der Waals surface area (Å²) in [6.45, 7) is 5.31. The number of benzene rings is 2. The van der Waals surface area contributed by atoms with Crippen molar-refractivity contribution >= 4 is 46.3 Å². The Bertz CT molecular complexity index is 989. The van der Waals surface area contributed by atoms with Gasteiger partial charge in [0.1, 0.15) is 0 Å². The largest absolute Gasteiger partial charge is 0.322 e. The first-order valence-corrected chi connectivity index (χ1v) is 12.4. The number of carbonyl (C=O) groups is 3. The fourth-order valence-corrected chi connectivity index (χ4v) is 5.42. The maximum absolute atomic E-state index is 12.9. The highest BCUT2D eigenvalue weighted by atomic mass is 32.2. The van der Waals surface area contributed by atoms with Gasteiger partial charge in [-0.15, -0.1) is 0 Å². The lowest BCUT2D eigenvalue weighted by Gasteiger charge is -2.27. The van der Waals surface area contributed by atoms with E-state index in [1.165, 1.54) is 22.0 Å². The molecule has 0 bridgehead atoms. The quantitative estimate of drug-likeness (QED) is 0.710. The summed E-state index contributed by atoms with van der Waals surface area (Å²) in [6, 6.07) is 13.1. The number of anilines is 1. The molecular formula is C23H25N3O3S2. The molecule has 2 saturated heterocycles. The number of hydrogen-bond donors (Lipinski definition) is 1. The van der Waals surface area contributed by atoms with Gasteiger partial charge in [-0.3, -0.25) is 24.2 Å². The van der Waals surface area contributed by atoms with E-state index in [4.69, 9.17) is 0 Å². The Labute approximate surface area is 190 Å². The summed E-state index contributed by atoms with van der Waals surface area (Å²) < 4.78 is 0. The molecule has 0 aromatic heterocycles. The van der Waals surface area contributed by atoms with Crippen LogP contribution in [0.4, 0.5) is 10.5 Å². The van der Waals surface area contributed by atoms with Gasteiger partial charge in [0.2, 0.25) is 5.91 Å². The summed E-state index contributed by atoms with van der Waals surface area (Å²) in [7, 11) is 0. The van der Waals surface area contributed by atoms with Crippen LogP contribution in [0.25, 0.3) is 0 Å². The number of nitrogens with one attached hydrogen (secondary N) is 1. The van der Waals surface area contributed by atoms with Crippen LogP contribution in [0.5, 0.6) is 0 Å². The Morgan fingerprint density at radius 2 is 1.84 bits per heavy atom. The van der Waals surface area contributed by atoms with Crippen LogP contribution in [0.2, 0.25) is 0 Å². The van der Waals surface area contributed by atoms with E-state index in [0.717, 1.165) is 48.2 Å². The van der Waals surface area contributed by atoms with E-state index in [9.17, 15) is 14.4 Å². The van der Waals surface area contributed by atoms with Crippen molar-refractivity contribution in [2.45, 2.75) is 20.0 Å². The third kappa shape index (κ3) is 5.31. The standard InChI is InChI=1S/C23H25N3O3S2/c1-16-19(14-25-8-10-30-11-9-25)6-3-7-20(16)24-22(28)18-5-2-4-17(12-18)13-26-21(27)15-31-23(26)29/h2-7,12H,8-11,13-15H2,1H3,(H,24,28). The van der Waals surface area contributed by atoms with E-state index in [2.05, 4.69) is 16.3 Å². The second-order valence-electron chi connectivity index (χ2n) is 7.67. The molecule has 2 heterocycles. The molecule has 2 aliphatic rings. The number of rotatable bonds is 6. The Morgan fingerprint density at radius 3 is 2.58 bits per heavy atom. The molecule has 1 N–H and O–H groups in total. The summed E-state index contributed by atoms with van der Waals surface area (Å²) in [5.41, 5.74) is 4.37. The summed E-state index contributed by atoms with van der Waals surface area (Å²) in [6.07, 6.45) is 0. The minimum Gasteiger partial charge on any atom is -0.322 e. The number of carbonyl (C=O) groups excluding carboxylic acids is 3. The summed E-state index contributed by atoms with van der Waals surface area (Å²) in [5.74, 6) is 2.12. The lowest BCUT2D eigenvalue weighted by atomic mass is 10.0. The lowest BCUT2D eigenvalue weighted by Crippen LogP contribution is -2.32. The van der Waals surface area contributed by atoms with Crippen molar-refractivity contribution in [3.63, 3.8) is 0 Å². The Kier molecular flexibility index (Phi) is 6.99. The number of nitrogens with zero attached hydrogens (tertiary/aromatic N) is 2. The Morgan fingerprint density at radius 1 is 1.06 bits per heavy atom. The topological polar surface area (TPSA) is 69.7 Å². The molecule has 2 aromatic carbocycles. The van der Waals surface area contributed by atoms with Crippen LogP contribution >= 0.6 is 23.5 Å². The Balaban J connectivity index is 1.45. The number of thioether (sulfide) groups is 2. The molecule has 0 saturated carbocycles. The van der Waals surface area contributed by atoms with Crippen molar-refractivity contribution < 1.29 is 14.4 Å². The first kappa shape index (κ1) is 21.9. The van der Waals surface area contributed by atoms with Crippen molar-refractivity contribution in [3.8, 4) is 0 Å². The van der Waals surface area contributed by atoms with Gasteiger partial charge in [0, 0.05) is 42.4 Å². The number of amides is 3. The van der Waals surface area contributed by atoms with Crippen molar-refractivity contribution in [3.05, 3.63) is 64.7 Å². The third-order valence-corrected chi connectivity index (χ3v) is 7.36. The van der Waals surface area contributed by atoms with Crippen molar-refractivity contribution in [1.29, 1.82) is 0 Å². The number of imide groups is 1. The maximum Gasteiger partial charge on any atom is 0.289 e. The molecule has 0 unspecified atom stereocenters. The molecule has 0 aliphatic carbocycles. The molecule has 2 aromatic rings. The molecule has 0 atom stereocenters. The first-order chi connectivity index (χ1) is 15.0. The van der Waals surface area contributed by atoms with Gasteiger partial charge in [0.15, 0.2) is 0 Å². The molecule has 3 amide bonds. The van der Waals surface area contributed by atoms with Gasteiger partial charge in [-0.1, -0.05) is 36.0 Å². The van der Waals surface area contributed by atoms with Crippen molar-refractivity contribution in [1.82, 2.24) is 9.80 Å². The molecule has 8 heteroatoms. The minimum atomic E-state index is -0.236. The van der Waals surface area contributed by atoms with Gasteiger partial charge in [-0.25, -0.2) is 0 Å². The highest BCUT2D eigenvalue weighted by Crippen LogP contribution is 2.24. The fraction of sp³-hybridized carbons (Fsp3) is 0.348. The van der Waals surface area contributed by atoms with Crippen molar-refractivity contribution in [2.24, 2.45) is 0 Å². The molecular weight excluding hydrogens is 430 g/mol. The highest BCUT2D eigenvalue weighted by Gasteiger charge is 2.29. The van der Waals surface area contributed by atoms with Gasteiger partial charge < -0.3 is 5.32 Å². The Hall–Kier alpha value is -2.29. The predicted octanol–water partition coefficient (Wildman–Crippen LogP) is 3.99.